The zero-order valence-electron chi connectivity index (χ0n) is 24.5. The number of carbonyl (C=O) groups is 2. The van der Waals surface area contributed by atoms with Crippen LogP contribution < -0.4 is 29.1 Å². The van der Waals surface area contributed by atoms with Crippen molar-refractivity contribution in [3.05, 3.63) is 84.5 Å². The molecule has 2 heterocycles. The Morgan fingerprint density at radius 1 is 1.05 bits per heavy atom. The molecule has 2 aromatic carbocycles. The van der Waals surface area contributed by atoms with Crippen LogP contribution in [0.3, 0.4) is 0 Å². The van der Waals surface area contributed by atoms with E-state index in [0.29, 0.717) is 38.7 Å². The fourth-order valence-corrected chi connectivity index (χ4v) is 5.50. The van der Waals surface area contributed by atoms with Crippen LogP contribution in [0.2, 0.25) is 0 Å². The highest BCUT2D eigenvalue weighted by Gasteiger charge is 2.34. The van der Waals surface area contributed by atoms with Gasteiger partial charge in [-0.05, 0) is 76.1 Å². The standard InChI is InChI=1S/C31H34N2O8S/c1-7-38-24-16-21(11-14-23(24)40-17-26(34)37-6)28-27(30(36)39-8-2)19(5)32-31-33(28)29(35)25(42-31)15-20-9-12-22(13-10-20)41-18(3)4/h9-16,18,28H,7-8,17H2,1-6H3/b25-15-/t28-/m0/s1. The second kappa shape index (κ2) is 13.5. The van der Waals surface area contributed by atoms with E-state index < -0.39 is 18.0 Å². The normalized spacial score (nSPS) is 14.7. The number of benzene rings is 2. The second-order valence-corrected chi connectivity index (χ2v) is 10.6. The summed E-state index contributed by atoms with van der Waals surface area (Å²) in [6.45, 7) is 9.35. The highest BCUT2D eigenvalue weighted by molar-refractivity contribution is 7.07. The summed E-state index contributed by atoms with van der Waals surface area (Å²) in [6, 6.07) is 11.7. The van der Waals surface area contributed by atoms with Crippen molar-refractivity contribution in [2.45, 2.75) is 46.8 Å². The molecule has 1 aliphatic heterocycles. The molecule has 0 saturated carbocycles. The zero-order valence-corrected chi connectivity index (χ0v) is 25.3. The smallest absolute Gasteiger partial charge is 0.343 e. The third-order valence-corrected chi connectivity index (χ3v) is 7.21. The average molecular weight is 595 g/mol. The first kappa shape index (κ1) is 30.6. The lowest BCUT2D eigenvalue weighted by molar-refractivity contribution is -0.143. The number of methoxy groups -OCH3 is 1. The second-order valence-electron chi connectivity index (χ2n) is 9.54. The van der Waals surface area contributed by atoms with E-state index in [1.54, 1.807) is 38.1 Å². The summed E-state index contributed by atoms with van der Waals surface area (Å²) in [5.41, 5.74) is 1.80. The lowest BCUT2D eigenvalue weighted by Crippen LogP contribution is -2.40. The van der Waals surface area contributed by atoms with E-state index in [4.69, 9.17) is 18.9 Å². The molecule has 0 saturated heterocycles. The lowest BCUT2D eigenvalue weighted by atomic mass is 9.95. The molecule has 42 heavy (non-hydrogen) atoms. The average Bonchev–Trinajstić information content (AvgIpc) is 3.26. The van der Waals surface area contributed by atoms with Crippen LogP contribution >= 0.6 is 11.3 Å². The number of allylic oxidation sites excluding steroid dienone is 1. The number of carbonyl (C=O) groups excluding carboxylic acids is 2. The molecule has 11 heteroatoms. The van der Waals surface area contributed by atoms with Gasteiger partial charge in [-0.25, -0.2) is 14.6 Å². The molecule has 10 nitrogen and oxygen atoms in total. The lowest BCUT2D eigenvalue weighted by Gasteiger charge is -2.25. The van der Waals surface area contributed by atoms with Crippen LogP contribution in [0.15, 0.2) is 63.5 Å². The van der Waals surface area contributed by atoms with E-state index in [2.05, 4.69) is 9.73 Å². The SMILES string of the molecule is CCOC(=O)C1=C(C)N=c2s/c(=C\c3ccc(OC(C)C)cc3)c(=O)n2[C@H]1c1ccc(OCC(=O)OC)c(OCC)c1. The summed E-state index contributed by atoms with van der Waals surface area (Å²) in [5, 5.41) is 0. The van der Waals surface area contributed by atoms with E-state index in [0.717, 1.165) is 11.3 Å². The Morgan fingerprint density at radius 2 is 1.79 bits per heavy atom. The van der Waals surface area contributed by atoms with Crippen molar-refractivity contribution in [2.75, 3.05) is 26.9 Å². The Bertz CT molecular complexity index is 1670. The number of hydrogen-bond donors (Lipinski definition) is 0. The molecule has 1 aliphatic rings. The van der Waals surface area contributed by atoms with Gasteiger partial charge < -0.3 is 23.7 Å². The van der Waals surface area contributed by atoms with Gasteiger partial charge in [-0.15, -0.1) is 0 Å². The molecule has 0 bridgehead atoms. The van der Waals surface area contributed by atoms with Crippen LogP contribution in [-0.4, -0.2) is 49.5 Å². The van der Waals surface area contributed by atoms with Crippen LogP contribution in [0.4, 0.5) is 0 Å². The van der Waals surface area contributed by atoms with Crippen LogP contribution in [0, 0.1) is 0 Å². The van der Waals surface area contributed by atoms with Crippen LogP contribution in [0.25, 0.3) is 6.08 Å². The molecule has 222 valence electrons. The number of hydrogen-bond acceptors (Lipinski definition) is 10. The molecule has 1 aromatic heterocycles. The maximum Gasteiger partial charge on any atom is 0.343 e. The maximum absolute atomic E-state index is 13.9. The van der Waals surface area contributed by atoms with E-state index in [1.165, 1.54) is 23.0 Å². The Hall–Kier alpha value is -4.38. The van der Waals surface area contributed by atoms with Crippen molar-refractivity contribution < 1.29 is 33.3 Å². The molecule has 1 atom stereocenters. The highest BCUT2D eigenvalue weighted by atomic mass is 32.1. The van der Waals surface area contributed by atoms with Gasteiger partial charge in [0.25, 0.3) is 5.56 Å². The molecule has 3 aromatic rings. The maximum atomic E-state index is 13.9. The molecular weight excluding hydrogens is 560 g/mol. The summed E-state index contributed by atoms with van der Waals surface area (Å²) >= 11 is 1.24. The van der Waals surface area contributed by atoms with Crippen molar-refractivity contribution in [3.63, 3.8) is 0 Å². The van der Waals surface area contributed by atoms with Gasteiger partial charge >= 0.3 is 11.9 Å². The van der Waals surface area contributed by atoms with Crippen LogP contribution in [0.1, 0.15) is 51.8 Å². The number of thiazole rings is 1. The zero-order chi connectivity index (χ0) is 30.4. The van der Waals surface area contributed by atoms with Gasteiger partial charge in [-0.1, -0.05) is 29.5 Å². The first-order valence-corrected chi connectivity index (χ1v) is 14.4. The molecule has 0 radical (unpaired) electrons. The first-order chi connectivity index (χ1) is 20.2. The Morgan fingerprint density at radius 3 is 2.43 bits per heavy atom. The third kappa shape index (κ3) is 6.73. The van der Waals surface area contributed by atoms with Crippen molar-refractivity contribution in [1.29, 1.82) is 0 Å². The van der Waals surface area contributed by atoms with Crippen LogP contribution in [0.5, 0.6) is 17.2 Å². The number of ether oxygens (including phenoxy) is 5. The van der Waals surface area contributed by atoms with E-state index >= 15 is 0 Å². The quantitative estimate of drug-likeness (QED) is 0.310. The van der Waals surface area contributed by atoms with Crippen molar-refractivity contribution in [1.82, 2.24) is 4.57 Å². The van der Waals surface area contributed by atoms with Gasteiger partial charge in [0.15, 0.2) is 22.9 Å². The van der Waals surface area contributed by atoms with E-state index in [-0.39, 0.29) is 30.5 Å². The summed E-state index contributed by atoms with van der Waals surface area (Å²) in [6.07, 6.45) is 1.84. The minimum atomic E-state index is -0.835. The topological polar surface area (TPSA) is 115 Å². The monoisotopic (exact) mass is 594 g/mol. The van der Waals surface area contributed by atoms with Gasteiger partial charge in [0.2, 0.25) is 0 Å². The summed E-state index contributed by atoms with van der Waals surface area (Å²) in [5.74, 6) is 0.299. The fourth-order valence-electron chi connectivity index (χ4n) is 4.45. The first-order valence-electron chi connectivity index (χ1n) is 13.6. The van der Waals surface area contributed by atoms with Gasteiger partial charge in [0, 0.05) is 0 Å². The van der Waals surface area contributed by atoms with E-state index in [1.807, 2.05) is 45.0 Å². The molecular formula is C31H34N2O8S. The molecule has 0 unspecified atom stereocenters. The number of rotatable bonds is 11. The highest BCUT2D eigenvalue weighted by Crippen LogP contribution is 2.36. The molecule has 0 N–H and O–H groups in total. The fraction of sp³-hybridized carbons (Fsp3) is 0.355. The van der Waals surface area contributed by atoms with Crippen molar-refractivity contribution in [3.8, 4) is 17.2 Å². The van der Waals surface area contributed by atoms with E-state index in [9.17, 15) is 14.4 Å². The number of nitrogens with zero attached hydrogens (tertiary/aromatic N) is 2. The number of aromatic nitrogens is 1. The van der Waals surface area contributed by atoms with Gasteiger partial charge in [0.05, 0.1) is 48.3 Å². The molecule has 0 spiro atoms. The molecule has 0 aliphatic carbocycles. The van der Waals surface area contributed by atoms with Crippen molar-refractivity contribution in [2.24, 2.45) is 4.99 Å². The van der Waals surface area contributed by atoms with Gasteiger partial charge in [-0.3, -0.25) is 9.36 Å². The summed E-state index contributed by atoms with van der Waals surface area (Å²) < 4.78 is 29.1. The molecule has 4 rings (SSSR count). The van der Waals surface area contributed by atoms with Gasteiger partial charge in [0.1, 0.15) is 5.75 Å². The minimum absolute atomic E-state index is 0.0492. The predicted molar refractivity (Wildman–Crippen MR) is 158 cm³/mol. The minimum Gasteiger partial charge on any atom is -0.491 e. The Balaban J connectivity index is 1.84. The predicted octanol–water partition coefficient (Wildman–Crippen LogP) is 3.54. The third-order valence-electron chi connectivity index (χ3n) is 6.22. The largest absolute Gasteiger partial charge is 0.491 e. The van der Waals surface area contributed by atoms with Crippen LogP contribution in [-0.2, 0) is 19.1 Å². The molecule has 0 amide bonds. The number of esters is 2. The summed E-state index contributed by atoms with van der Waals surface area (Å²) in [7, 11) is 1.27. The Labute approximate surface area is 247 Å². The molecule has 0 fully saturated rings. The summed E-state index contributed by atoms with van der Waals surface area (Å²) in [4.78, 5) is 43.9. The number of fused-ring (bicyclic) bond motifs is 1. The van der Waals surface area contributed by atoms with Gasteiger partial charge in [-0.2, -0.15) is 0 Å². The Kier molecular flexibility index (Phi) is 9.84. The van der Waals surface area contributed by atoms with Crippen molar-refractivity contribution >= 4 is 29.4 Å².